The van der Waals surface area contributed by atoms with Gasteiger partial charge in [0.25, 0.3) is 0 Å². The van der Waals surface area contributed by atoms with Crippen LogP contribution in [0, 0.1) is 25.3 Å². The van der Waals surface area contributed by atoms with E-state index >= 15 is 0 Å². The summed E-state index contributed by atoms with van der Waals surface area (Å²) in [5.74, 6) is 4.23. The van der Waals surface area contributed by atoms with Crippen molar-refractivity contribution in [1.82, 2.24) is 15.4 Å². The quantitative estimate of drug-likeness (QED) is 0.318. The summed E-state index contributed by atoms with van der Waals surface area (Å²) >= 11 is 0. The maximum Gasteiger partial charge on any atom is 0.416 e. The number of halogens is 3. The Morgan fingerprint density at radius 3 is 2.63 bits per heavy atom. The normalized spacial score (nSPS) is 15.7. The molecular weight excluding hydrogens is 509 g/mol. The van der Waals surface area contributed by atoms with E-state index in [9.17, 15) is 13.2 Å². The van der Waals surface area contributed by atoms with E-state index in [1.54, 1.807) is 6.92 Å². The lowest BCUT2D eigenvalue weighted by Crippen LogP contribution is -2.37. The van der Waals surface area contributed by atoms with Crippen LogP contribution in [0.2, 0.25) is 19.6 Å². The number of ether oxygens (including phenoxy) is 1. The lowest BCUT2D eigenvalue weighted by molar-refractivity contribution is -0.137. The van der Waals surface area contributed by atoms with Gasteiger partial charge in [0.15, 0.2) is 17.3 Å². The smallest absolute Gasteiger partial charge is 0.416 e. The molecule has 0 spiro atoms. The zero-order valence-corrected chi connectivity index (χ0v) is 22.9. The second kappa shape index (κ2) is 11.0. The summed E-state index contributed by atoms with van der Waals surface area (Å²) in [5.41, 5.74) is 8.89. The number of hydroxylamine groups is 1. The Labute approximate surface area is 221 Å². The third-order valence-electron chi connectivity index (χ3n) is 5.63. The first-order valence-corrected chi connectivity index (χ1v) is 15.6. The second-order valence-corrected chi connectivity index (χ2v) is 14.9. The highest BCUT2D eigenvalue weighted by atomic mass is 28.3. The van der Waals surface area contributed by atoms with Crippen molar-refractivity contribution in [2.24, 2.45) is 4.99 Å². The number of benzene rings is 2. The summed E-state index contributed by atoms with van der Waals surface area (Å²) in [7, 11) is -1.46. The number of rotatable bonds is 5. The molecule has 198 valence electrons. The summed E-state index contributed by atoms with van der Waals surface area (Å²) in [6.07, 6.45) is -2.44. The Balaban J connectivity index is 1.58. The summed E-state index contributed by atoms with van der Waals surface area (Å²) in [5, 5.41) is 0. The molecule has 6 nitrogen and oxygen atoms in total. The van der Waals surface area contributed by atoms with E-state index in [4.69, 9.17) is 14.6 Å². The van der Waals surface area contributed by atoms with E-state index < -0.39 is 19.8 Å². The average molecular weight is 539 g/mol. The number of hydrogen-bond acceptors (Lipinski definition) is 6. The van der Waals surface area contributed by atoms with E-state index in [0.717, 1.165) is 28.8 Å². The number of aromatic nitrogens is 2. The fourth-order valence-electron chi connectivity index (χ4n) is 3.75. The van der Waals surface area contributed by atoms with Gasteiger partial charge in [-0.2, -0.15) is 13.2 Å². The summed E-state index contributed by atoms with van der Waals surface area (Å²) in [6, 6.07) is 10.6. The van der Waals surface area contributed by atoms with Crippen LogP contribution < -0.4 is 10.2 Å². The molecule has 1 aliphatic heterocycles. The zero-order chi connectivity index (χ0) is 27.5. The van der Waals surface area contributed by atoms with E-state index in [0.29, 0.717) is 30.4 Å². The first-order valence-electron chi connectivity index (χ1n) is 12.1. The van der Waals surface area contributed by atoms with Crippen LogP contribution in [0.5, 0.6) is 11.5 Å². The monoisotopic (exact) mass is 538 g/mol. The molecule has 0 radical (unpaired) electrons. The van der Waals surface area contributed by atoms with E-state index in [1.165, 1.54) is 18.3 Å². The van der Waals surface area contributed by atoms with Gasteiger partial charge in [0.1, 0.15) is 19.6 Å². The maximum absolute atomic E-state index is 13.2. The lowest BCUT2D eigenvalue weighted by Gasteiger charge is -2.23. The molecule has 1 aliphatic rings. The van der Waals surface area contributed by atoms with Gasteiger partial charge in [-0.15, -0.1) is 5.54 Å². The zero-order valence-electron chi connectivity index (χ0n) is 21.9. The van der Waals surface area contributed by atoms with Crippen molar-refractivity contribution < 1.29 is 22.7 Å². The third kappa shape index (κ3) is 7.21. The van der Waals surface area contributed by atoms with E-state index in [2.05, 4.69) is 65.6 Å². The molecule has 1 atom stereocenters. The molecule has 1 N–H and O–H groups in total. The predicted molar refractivity (Wildman–Crippen MR) is 143 cm³/mol. The van der Waals surface area contributed by atoms with Crippen LogP contribution in [0.4, 0.5) is 13.2 Å². The van der Waals surface area contributed by atoms with Crippen LogP contribution in [-0.2, 0) is 17.4 Å². The van der Waals surface area contributed by atoms with Crippen molar-refractivity contribution >= 4 is 13.9 Å². The van der Waals surface area contributed by atoms with Crippen LogP contribution in [0.1, 0.15) is 33.8 Å². The van der Waals surface area contributed by atoms with Crippen molar-refractivity contribution in [1.29, 1.82) is 0 Å². The summed E-state index contributed by atoms with van der Waals surface area (Å²) < 4.78 is 45.2. The number of alkyl halides is 3. The SMILES string of the molecule is Cc1ncc(Oc2cccc(C(F)(F)F)c2)c(C2=NC(Cc3ccc(C#C[Si](C)(C)C)cc3C)CON2)n1. The molecule has 0 saturated carbocycles. The largest absolute Gasteiger partial charge is 0.453 e. The molecule has 38 heavy (non-hydrogen) atoms. The Morgan fingerprint density at radius 2 is 1.92 bits per heavy atom. The molecule has 1 unspecified atom stereocenters. The Hall–Kier alpha value is -3.68. The number of hydrogen-bond donors (Lipinski definition) is 1. The molecule has 10 heteroatoms. The average Bonchev–Trinajstić information content (AvgIpc) is 2.85. The predicted octanol–water partition coefficient (Wildman–Crippen LogP) is 6.03. The number of nitrogens with one attached hydrogen (secondary N) is 1. The van der Waals surface area contributed by atoms with Gasteiger partial charge in [0, 0.05) is 5.56 Å². The van der Waals surface area contributed by atoms with Gasteiger partial charge in [-0.3, -0.25) is 9.83 Å². The highest BCUT2D eigenvalue weighted by Crippen LogP contribution is 2.33. The molecule has 1 aromatic heterocycles. The number of aryl methyl sites for hydroxylation is 2. The third-order valence-corrected chi connectivity index (χ3v) is 6.50. The Bertz CT molecular complexity index is 1420. The highest BCUT2D eigenvalue weighted by Gasteiger charge is 2.31. The highest BCUT2D eigenvalue weighted by molar-refractivity contribution is 6.83. The molecular formula is C28H29F3N4O2Si. The van der Waals surface area contributed by atoms with Crippen molar-refractivity contribution in [2.45, 2.75) is 52.1 Å². The van der Waals surface area contributed by atoms with Crippen LogP contribution in [-0.4, -0.2) is 36.5 Å². The van der Waals surface area contributed by atoms with Gasteiger partial charge in [0.05, 0.1) is 24.4 Å². The van der Waals surface area contributed by atoms with Crippen molar-refractivity contribution in [3.63, 3.8) is 0 Å². The Kier molecular flexibility index (Phi) is 7.90. The lowest BCUT2D eigenvalue weighted by atomic mass is 9.99. The van der Waals surface area contributed by atoms with Crippen LogP contribution in [0.25, 0.3) is 0 Å². The van der Waals surface area contributed by atoms with Gasteiger partial charge < -0.3 is 4.74 Å². The first kappa shape index (κ1) is 27.4. The Morgan fingerprint density at radius 1 is 1.13 bits per heavy atom. The van der Waals surface area contributed by atoms with E-state index in [-0.39, 0.29) is 17.5 Å². The number of aliphatic imine (C=N–C) groups is 1. The number of nitrogens with zero attached hydrogens (tertiary/aromatic N) is 3. The summed E-state index contributed by atoms with van der Waals surface area (Å²) in [4.78, 5) is 19.0. The minimum absolute atomic E-state index is 0.00958. The van der Waals surface area contributed by atoms with Crippen LogP contribution >= 0.6 is 0 Å². The van der Waals surface area contributed by atoms with Crippen molar-refractivity contribution in [2.75, 3.05) is 6.61 Å². The molecule has 2 heterocycles. The van der Waals surface area contributed by atoms with Crippen LogP contribution in [0.3, 0.4) is 0 Å². The molecule has 0 fully saturated rings. The fraction of sp³-hybridized carbons (Fsp3) is 0.321. The minimum atomic E-state index is -4.49. The molecule has 0 aliphatic carbocycles. The molecule has 0 saturated heterocycles. The second-order valence-electron chi connectivity index (χ2n) is 10.1. The van der Waals surface area contributed by atoms with Gasteiger partial charge in [0.2, 0.25) is 0 Å². The minimum Gasteiger partial charge on any atom is -0.453 e. The fourth-order valence-corrected chi connectivity index (χ4v) is 4.27. The summed E-state index contributed by atoms with van der Waals surface area (Å²) in [6.45, 7) is 10.7. The molecule has 2 aromatic carbocycles. The molecule has 0 amide bonds. The van der Waals surface area contributed by atoms with Gasteiger partial charge in [-0.1, -0.05) is 37.7 Å². The molecule has 3 aromatic rings. The van der Waals surface area contributed by atoms with E-state index in [1.807, 2.05) is 6.07 Å². The molecule has 0 bridgehead atoms. The standard InChI is InChI=1S/C28H29F3N4O2Si/c1-18-13-20(11-12-38(3,4)5)9-10-21(18)14-23-17-36-35-27(34-23)26-25(16-32-19(2)33-26)37-24-8-6-7-22(15-24)28(29,30)31/h6-10,13,15-16,23H,14,17H2,1-5H3,(H,34,35). The first-order chi connectivity index (χ1) is 17.9. The van der Waals surface area contributed by atoms with Crippen molar-refractivity contribution in [3.05, 3.63) is 82.4 Å². The molecule has 4 rings (SSSR count). The van der Waals surface area contributed by atoms with Gasteiger partial charge >= 0.3 is 6.18 Å². The number of amidine groups is 1. The van der Waals surface area contributed by atoms with Gasteiger partial charge in [-0.25, -0.2) is 15.4 Å². The maximum atomic E-state index is 13.2. The van der Waals surface area contributed by atoms with Crippen LogP contribution in [0.15, 0.2) is 53.7 Å². The topological polar surface area (TPSA) is 68.6 Å². The van der Waals surface area contributed by atoms with Crippen molar-refractivity contribution in [3.8, 4) is 23.0 Å². The van der Waals surface area contributed by atoms with Gasteiger partial charge in [-0.05, 0) is 61.7 Å².